The molecular formula is C17H33N3. The van der Waals surface area contributed by atoms with Gasteiger partial charge >= 0.3 is 0 Å². The molecule has 0 amide bonds. The van der Waals surface area contributed by atoms with Crippen LogP contribution >= 0.6 is 0 Å². The highest BCUT2D eigenvalue weighted by Gasteiger charge is 2.04. The fourth-order valence-electron chi connectivity index (χ4n) is 2.48. The molecule has 0 aromatic carbocycles. The molecule has 1 aromatic heterocycles. The van der Waals surface area contributed by atoms with Crippen molar-refractivity contribution in [1.29, 1.82) is 0 Å². The van der Waals surface area contributed by atoms with Gasteiger partial charge < -0.3 is 10.3 Å². The second-order valence-corrected chi connectivity index (χ2v) is 5.95. The third kappa shape index (κ3) is 7.68. The summed E-state index contributed by atoms with van der Waals surface area (Å²) in [5.41, 5.74) is 7.09. The van der Waals surface area contributed by atoms with Crippen LogP contribution in [0, 0.1) is 0 Å². The van der Waals surface area contributed by atoms with E-state index in [-0.39, 0.29) is 6.04 Å². The molecule has 0 saturated carbocycles. The van der Waals surface area contributed by atoms with Gasteiger partial charge in [-0.1, -0.05) is 58.8 Å². The largest absolute Gasteiger partial charge is 0.337 e. The van der Waals surface area contributed by atoms with E-state index in [1.54, 1.807) is 0 Å². The first-order chi connectivity index (χ1) is 9.76. The molecule has 0 bridgehead atoms. The van der Waals surface area contributed by atoms with Crippen molar-refractivity contribution in [3.8, 4) is 0 Å². The first kappa shape index (κ1) is 17.2. The van der Waals surface area contributed by atoms with E-state index in [1.165, 1.54) is 51.4 Å². The van der Waals surface area contributed by atoms with Crippen molar-refractivity contribution in [3.63, 3.8) is 0 Å². The van der Waals surface area contributed by atoms with Crippen molar-refractivity contribution in [1.82, 2.24) is 9.55 Å². The summed E-state index contributed by atoms with van der Waals surface area (Å²) >= 11 is 0. The number of aromatic nitrogens is 2. The van der Waals surface area contributed by atoms with Gasteiger partial charge in [-0.15, -0.1) is 0 Å². The molecule has 3 heteroatoms. The lowest BCUT2D eigenvalue weighted by atomic mass is 10.1. The maximum Gasteiger partial charge on any atom is 0.0949 e. The average molecular weight is 279 g/mol. The van der Waals surface area contributed by atoms with Crippen molar-refractivity contribution in [2.75, 3.05) is 0 Å². The fourth-order valence-corrected chi connectivity index (χ4v) is 2.48. The zero-order chi connectivity index (χ0) is 14.6. The van der Waals surface area contributed by atoms with E-state index >= 15 is 0 Å². The predicted molar refractivity (Wildman–Crippen MR) is 86.8 cm³/mol. The van der Waals surface area contributed by atoms with Gasteiger partial charge in [0, 0.05) is 25.2 Å². The number of rotatable bonds is 12. The molecule has 0 aliphatic rings. The van der Waals surface area contributed by atoms with E-state index in [2.05, 4.69) is 29.6 Å². The smallest absolute Gasteiger partial charge is 0.0949 e. The average Bonchev–Trinajstić information content (AvgIpc) is 2.89. The molecule has 0 aliphatic heterocycles. The van der Waals surface area contributed by atoms with Crippen LogP contribution in [-0.4, -0.2) is 15.6 Å². The zero-order valence-corrected chi connectivity index (χ0v) is 13.5. The predicted octanol–water partition coefficient (Wildman–Crippen LogP) is 4.30. The topological polar surface area (TPSA) is 43.8 Å². The fraction of sp³-hybridized carbons (Fsp3) is 0.824. The molecule has 116 valence electrons. The molecule has 1 heterocycles. The number of aryl methyl sites for hydroxylation is 1. The van der Waals surface area contributed by atoms with Crippen molar-refractivity contribution >= 4 is 0 Å². The minimum Gasteiger partial charge on any atom is -0.337 e. The van der Waals surface area contributed by atoms with E-state index in [9.17, 15) is 0 Å². The Hall–Kier alpha value is -0.830. The number of nitrogens with zero attached hydrogens (tertiary/aromatic N) is 2. The number of unbranched alkanes of at least 4 members (excludes halogenated alkanes) is 7. The Bertz CT molecular complexity index is 333. The van der Waals surface area contributed by atoms with Gasteiger partial charge in [-0.05, 0) is 12.8 Å². The molecule has 0 spiro atoms. The van der Waals surface area contributed by atoms with Crippen LogP contribution in [0.2, 0.25) is 0 Å². The molecule has 1 aromatic rings. The Kier molecular flexibility index (Phi) is 9.38. The number of hydrogen-bond acceptors (Lipinski definition) is 2. The number of imidazole rings is 1. The quantitative estimate of drug-likeness (QED) is 0.580. The molecule has 0 radical (unpaired) electrons. The highest BCUT2D eigenvalue weighted by atomic mass is 15.0. The summed E-state index contributed by atoms with van der Waals surface area (Å²) in [5, 5.41) is 0. The molecule has 1 rings (SSSR count). The van der Waals surface area contributed by atoms with Crippen molar-refractivity contribution < 1.29 is 0 Å². The monoisotopic (exact) mass is 279 g/mol. The maximum atomic E-state index is 5.95. The third-order valence-corrected chi connectivity index (χ3v) is 3.95. The summed E-state index contributed by atoms with van der Waals surface area (Å²) in [6, 6.07) is 0.251. The van der Waals surface area contributed by atoms with E-state index in [0.717, 1.165) is 25.1 Å². The van der Waals surface area contributed by atoms with Gasteiger partial charge in [-0.25, -0.2) is 4.98 Å². The molecular weight excluding hydrogens is 246 g/mol. The van der Waals surface area contributed by atoms with Crippen LogP contribution in [0.1, 0.15) is 77.3 Å². The lowest BCUT2D eigenvalue weighted by Crippen LogP contribution is -2.21. The Labute approximate surface area is 125 Å². The summed E-state index contributed by atoms with van der Waals surface area (Å²) in [4.78, 5) is 4.44. The van der Waals surface area contributed by atoms with Crippen LogP contribution in [0.15, 0.2) is 12.5 Å². The summed E-state index contributed by atoms with van der Waals surface area (Å²) in [7, 11) is 0. The van der Waals surface area contributed by atoms with Crippen LogP contribution in [-0.2, 0) is 13.0 Å². The first-order valence-corrected chi connectivity index (χ1v) is 8.52. The Morgan fingerprint density at radius 2 is 1.70 bits per heavy atom. The molecule has 1 unspecified atom stereocenters. The van der Waals surface area contributed by atoms with Gasteiger partial charge in [0.2, 0.25) is 0 Å². The second kappa shape index (κ2) is 10.9. The Balaban J connectivity index is 2.04. The number of hydrogen-bond donors (Lipinski definition) is 1. The van der Waals surface area contributed by atoms with Gasteiger partial charge in [-0.2, -0.15) is 0 Å². The van der Waals surface area contributed by atoms with Crippen molar-refractivity contribution in [2.24, 2.45) is 5.73 Å². The summed E-state index contributed by atoms with van der Waals surface area (Å²) in [6.45, 7) is 5.50. The van der Waals surface area contributed by atoms with Crippen molar-refractivity contribution in [2.45, 2.75) is 90.6 Å². The molecule has 3 nitrogen and oxygen atoms in total. The van der Waals surface area contributed by atoms with Gasteiger partial charge in [0.15, 0.2) is 0 Å². The van der Waals surface area contributed by atoms with Crippen LogP contribution < -0.4 is 5.73 Å². The van der Waals surface area contributed by atoms with E-state index in [0.29, 0.717) is 0 Å². The maximum absolute atomic E-state index is 5.95. The van der Waals surface area contributed by atoms with Crippen LogP contribution in [0.5, 0.6) is 0 Å². The minimum absolute atomic E-state index is 0.251. The van der Waals surface area contributed by atoms with E-state index in [4.69, 9.17) is 5.73 Å². The summed E-state index contributed by atoms with van der Waals surface area (Å²) in [6.07, 6.45) is 17.0. The van der Waals surface area contributed by atoms with Crippen LogP contribution in [0.4, 0.5) is 0 Å². The van der Waals surface area contributed by atoms with Gasteiger partial charge in [-0.3, -0.25) is 0 Å². The minimum atomic E-state index is 0.251. The van der Waals surface area contributed by atoms with E-state index < -0.39 is 0 Å². The molecule has 1 atom stereocenters. The highest BCUT2D eigenvalue weighted by Crippen LogP contribution is 2.09. The Morgan fingerprint density at radius 1 is 1.05 bits per heavy atom. The van der Waals surface area contributed by atoms with Gasteiger partial charge in [0.25, 0.3) is 0 Å². The lowest BCUT2D eigenvalue weighted by molar-refractivity contribution is 0.543. The zero-order valence-electron chi connectivity index (χ0n) is 13.5. The number of nitrogens with two attached hydrogens (primary N) is 1. The van der Waals surface area contributed by atoms with E-state index in [1.807, 2.05) is 6.33 Å². The highest BCUT2D eigenvalue weighted by molar-refractivity contribution is 4.99. The second-order valence-electron chi connectivity index (χ2n) is 5.95. The Morgan fingerprint density at radius 3 is 2.35 bits per heavy atom. The SMILES string of the molecule is CCCCCCCCCCn1cnc(CC(N)CC)c1. The molecule has 0 aliphatic carbocycles. The summed E-state index contributed by atoms with van der Waals surface area (Å²) in [5.74, 6) is 0. The third-order valence-electron chi connectivity index (χ3n) is 3.95. The molecule has 0 saturated heterocycles. The van der Waals surface area contributed by atoms with Crippen LogP contribution in [0.25, 0.3) is 0 Å². The normalized spacial score (nSPS) is 12.8. The first-order valence-electron chi connectivity index (χ1n) is 8.52. The van der Waals surface area contributed by atoms with Crippen molar-refractivity contribution in [3.05, 3.63) is 18.2 Å². The molecule has 0 fully saturated rings. The standard InChI is InChI=1S/C17H33N3/c1-3-5-6-7-8-9-10-11-12-20-14-17(19-15-20)13-16(18)4-2/h14-16H,3-13,18H2,1-2H3. The molecule has 20 heavy (non-hydrogen) atoms. The summed E-state index contributed by atoms with van der Waals surface area (Å²) < 4.78 is 2.22. The van der Waals surface area contributed by atoms with Gasteiger partial charge in [0.05, 0.1) is 12.0 Å². The van der Waals surface area contributed by atoms with Crippen LogP contribution in [0.3, 0.4) is 0 Å². The lowest BCUT2D eigenvalue weighted by Gasteiger charge is -2.05. The molecule has 2 N–H and O–H groups in total. The van der Waals surface area contributed by atoms with Gasteiger partial charge in [0.1, 0.15) is 0 Å².